The number of amidine groups is 1. The van der Waals surface area contributed by atoms with E-state index in [4.69, 9.17) is 16.2 Å². The summed E-state index contributed by atoms with van der Waals surface area (Å²) in [6.45, 7) is 5.32. The fourth-order valence-electron chi connectivity index (χ4n) is 2.74. The molecule has 0 aromatic heterocycles. The van der Waals surface area contributed by atoms with Crippen molar-refractivity contribution in [3.05, 3.63) is 24.7 Å². The van der Waals surface area contributed by atoms with Crippen LogP contribution in [0.2, 0.25) is 0 Å². The quantitative estimate of drug-likeness (QED) is 0.389. The molecular weight excluding hydrogens is 314 g/mol. The summed E-state index contributed by atoms with van der Waals surface area (Å²) in [5.74, 6) is 0.196. The van der Waals surface area contributed by atoms with Gasteiger partial charge in [0.2, 0.25) is 5.91 Å². The van der Waals surface area contributed by atoms with Crippen molar-refractivity contribution < 1.29 is 19.7 Å². The molecule has 0 radical (unpaired) electrons. The molecule has 2 aliphatic heterocycles. The van der Waals surface area contributed by atoms with E-state index in [0.29, 0.717) is 12.2 Å². The largest absolute Gasteiger partial charge is 0.394 e. The van der Waals surface area contributed by atoms with Crippen molar-refractivity contribution in [1.29, 1.82) is 0 Å². The lowest BCUT2D eigenvalue weighted by Crippen LogP contribution is -2.54. The Kier molecular flexibility index (Phi) is 5.94. The Hall–Kier alpha value is -1.94. The van der Waals surface area contributed by atoms with Gasteiger partial charge in [0.05, 0.1) is 18.7 Å². The zero-order valence-electron chi connectivity index (χ0n) is 13.6. The number of aliphatic hydroxyl groups excluding tert-OH is 2. The highest BCUT2D eigenvalue weighted by atomic mass is 16.5. The summed E-state index contributed by atoms with van der Waals surface area (Å²) in [5.41, 5.74) is 11.4. The number of ether oxygens (including phenoxy) is 1. The lowest BCUT2D eigenvalue weighted by molar-refractivity contribution is -0.124. The van der Waals surface area contributed by atoms with E-state index < -0.39 is 30.5 Å². The Morgan fingerprint density at radius 3 is 2.92 bits per heavy atom. The molecule has 0 aromatic rings. The molecule has 0 spiro atoms. The van der Waals surface area contributed by atoms with E-state index in [1.807, 2.05) is 6.92 Å². The summed E-state index contributed by atoms with van der Waals surface area (Å²) in [7, 11) is 0. The number of carbonyl (C=O) groups is 1. The molecule has 7 N–H and O–H groups in total. The van der Waals surface area contributed by atoms with Gasteiger partial charge in [-0.15, -0.1) is 0 Å². The summed E-state index contributed by atoms with van der Waals surface area (Å²) in [6, 6.07) is -1.46. The molecule has 2 heterocycles. The monoisotopic (exact) mass is 339 g/mol. The second-order valence-electron chi connectivity index (χ2n) is 5.84. The minimum atomic E-state index is -1.10. The first-order valence-electron chi connectivity index (χ1n) is 7.89. The zero-order chi connectivity index (χ0) is 17.9. The molecule has 0 aliphatic carbocycles. The number of rotatable bonds is 6. The van der Waals surface area contributed by atoms with Crippen LogP contribution in [0.25, 0.3) is 0 Å². The predicted molar refractivity (Wildman–Crippen MR) is 88.3 cm³/mol. The van der Waals surface area contributed by atoms with Crippen LogP contribution < -0.4 is 16.8 Å². The molecule has 2 rings (SSSR count). The number of aliphatic hydroxyl groups is 2. The number of carbonyl (C=O) groups excluding carboxylic acids is 1. The minimum Gasteiger partial charge on any atom is -0.394 e. The Labute approximate surface area is 140 Å². The first-order valence-corrected chi connectivity index (χ1v) is 7.89. The molecule has 24 heavy (non-hydrogen) atoms. The molecule has 134 valence electrons. The van der Waals surface area contributed by atoms with Crippen molar-refractivity contribution in [1.82, 2.24) is 10.2 Å². The molecule has 0 aromatic carbocycles. The van der Waals surface area contributed by atoms with Gasteiger partial charge in [-0.2, -0.15) is 0 Å². The van der Waals surface area contributed by atoms with Gasteiger partial charge in [0.15, 0.2) is 6.23 Å². The lowest BCUT2D eigenvalue weighted by atomic mass is 10.1. The van der Waals surface area contributed by atoms with Crippen molar-refractivity contribution in [2.45, 2.75) is 50.3 Å². The second kappa shape index (κ2) is 7.75. The topological polar surface area (TPSA) is 146 Å². The highest BCUT2D eigenvalue weighted by Gasteiger charge is 2.47. The summed E-state index contributed by atoms with van der Waals surface area (Å²) in [6.07, 6.45) is 1.70. The molecular formula is C15H25N5O4. The van der Waals surface area contributed by atoms with Crippen molar-refractivity contribution in [3.63, 3.8) is 0 Å². The Bertz CT molecular complexity index is 550. The predicted octanol–water partition coefficient (Wildman–Crippen LogP) is -1.67. The van der Waals surface area contributed by atoms with E-state index in [2.05, 4.69) is 16.9 Å². The molecule has 9 heteroatoms. The maximum atomic E-state index is 12.1. The third kappa shape index (κ3) is 3.75. The molecule has 0 bridgehead atoms. The van der Waals surface area contributed by atoms with E-state index in [1.165, 1.54) is 4.90 Å². The van der Waals surface area contributed by atoms with Crippen LogP contribution >= 0.6 is 0 Å². The maximum absolute atomic E-state index is 12.1. The number of hydrogen-bond acceptors (Lipinski definition) is 8. The van der Waals surface area contributed by atoms with E-state index in [-0.39, 0.29) is 18.3 Å². The first-order chi connectivity index (χ1) is 11.4. The van der Waals surface area contributed by atoms with Gasteiger partial charge in [-0.3, -0.25) is 4.79 Å². The third-order valence-corrected chi connectivity index (χ3v) is 4.04. The van der Waals surface area contributed by atoms with Crippen LogP contribution in [-0.2, 0) is 9.53 Å². The number of hydrogen-bond donors (Lipinski definition) is 5. The Morgan fingerprint density at radius 2 is 2.33 bits per heavy atom. The number of nitrogens with one attached hydrogen (secondary N) is 1. The van der Waals surface area contributed by atoms with Crippen molar-refractivity contribution in [2.24, 2.45) is 16.5 Å². The van der Waals surface area contributed by atoms with Gasteiger partial charge in [0.1, 0.15) is 23.9 Å². The van der Waals surface area contributed by atoms with Crippen molar-refractivity contribution in [2.75, 3.05) is 6.61 Å². The summed E-state index contributed by atoms with van der Waals surface area (Å²) in [4.78, 5) is 17.6. The SMILES string of the molecule is C=C1N=C(N)C=CN1[C@@H]1O[C@H](CO)[C@H](NC(=O)C(N)CCC)C1O. The Morgan fingerprint density at radius 1 is 1.62 bits per heavy atom. The molecule has 9 nitrogen and oxygen atoms in total. The van der Waals surface area contributed by atoms with Gasteiger partial charge in [-0.05, 0) is 12.5 Å². The smallest absolute Gasteiger partial charge is 0.237 e. The van der Waals surface area contributed by atoms with Crippen LogP contribution in [0.15, 0.2) is 29.7 Å². The summed E-state index contributed by atoms with van der Waals surface area (Å²) in [5, 5.41) is 22.7. The second-order valence-corrected chi connectivity index (χ2v) is 5.84. The van der Waals surface area contributed by atoms with Crippen LogP contribution in [-0.4, -0.2) is 64.0 Å². The van der Waals surface area contributed by atoms with Gasteiger partial charge in [-0.25, -0.2) is 4.99 Å². The highest BCUT2D eigenvalue weighted by molar-refractivity contribution is 5.92. The number of nitrogens with two attached hydrogens (primary N) is 2. The Balaban J connectivity index is 2.09. The van der Waals surface area contributed by atoms with Crippen LogP contribution in [0.5, 0.6) is 0 Å². The van der Waals surface area contributed by atoms with Gasteiger partial charge in [0.25, 0.3) is 0 Å². The van der Waals surface area contributed by atoms with Crippen molar-refractivity contribution >= 4 is 11.7 Å². The number of aliphatic imine (C=N–C) groups is 1. The van der Waals surface area contributed by atoms with Crippen LogP contribution in [0, 0.1) is 0 Å². The van der Waals surface area contributed by atoms with E-state index >= 15 is 0 Å². The third-order valence-electron chi connectivity index (χ3n) is 4.04. The standard InChI is InChI=1S/C15H25N5O4/c1-3-4-9(16)14(23)19-12-10(7-21)24-15(13(12)22)20-6-5-11(17)18-8(20)2/h5-6,9-10,12-13,15,21-22H,2-4,7,16H2,1H3,(H2,17,18)(H,19,23)/t9?,10-,12+,13?,15-/m1/s1. The van der Waals surface area contributed by atoms with Crippen molar-refractivity contribution in [3.8, 4) is 0 Å². The molecule has 5 atom stereocenters. The number of amides is 1. The van der Waals surface area contributed by atoms with Gasteiger partial charge in [-0.1, -0.05) is 19.9 Å². The molecule has 1 saturated heterocycles. The lowest BCUT2D eigenvalue weighted by Gasteiger charge is -2.30. The molecule has 0 saturated carbocycles. The average Bonchev–Trinajstić information content (AvgIpc) is 2.84. The zero-order valence-corrected chi connectivity index (χ0v) is 13.6. The molecule has 1 amide bonds. The molecule has 1 fully saturated rings. The molecule has 2 aliphatic rings. The summed E-state index contributed by atoms with van der Waals surface area (Å²) < 4.78 is 5.67. The summed E-state index contributed by atoms with van der Waals surface area (Å²) >= 11 is 0. The molecule has 2 unspecified atom stereocenters. The fraction of sp³-hybridized carbons (Fsp3) is 0.600. The normalized spacial score (nSPS) is 31.1. The van der Waals surface area contributed by atoms with Crippen LogP contribution in [0.3, 0.4) is 0 Å². The van der Waals surface area contributed by atoms with Crippen LogP contribution in [0.1, 0.15) is 19.8 Å². The highest BCUT2D eigenvalue weighted by Crippen LogP contribution is 2.28. The first kappa shape index (κ1) is 18.4. The van der Waals surface area contributed by atoms with E-state index in [0.717, 1.165) is 6.42 Å². The van der Waals surface area contributed by atoms with E-state index in [9.17, 15) is 15.0 Å². The van der Waals surface area contributed by atoms with Crippen LogP contribution in [0.4, 0.5) is 0 Å². The van der Waals surface area contributed by atoms with Gasteiger partial charge >= 0.3 is 0 Å². The number of nitrogens with zero attached hydrogens (tertiary/aromatic N) is 2. The average molecular weight is 339 g/mol. The maximum Gasteiger partial charge on any atom is 0.237 e. The van der Waals surface area contributed by atoms with Gasteiger partial charge in [0, 0.05) is 6.20 Å². The van der Waals surface area contributed by atoms with E-state index in [1.54, 1.807) is 12.3 Å². The fourth-order valence-corrected chi connectivity index (χ4v) is 2.74. The van der Waals surface area contributed by atoms with Gasteiger partial charge < -0.3 is 36.6 Å². The minimum absolute atomic E-state index is 0.290.